The third-order valence-corrected chi connectivity index (χ3v) is 3.79. The molecule has 106 valence electrons. The summed E-state index contributed by atoms with van der Waals surface area (Å²) >= 11 is 0. The highest BCUT2D eigenvalue weighted by Crippen LogP contribution is 2.27. The second kappa shape index (κ2) is 6.33. The molecule has 19 heavy (non-hydrogen) atoms. The van der Waals surface area contributed by atoms with Crippen molar-refractivity contribution in [3.63, 3.8) is 0 Å². The van der Waals surface area contributed by atoms with Crippen LogP contribution in [0.4, 0.5) is 8.78 Å². The van der Waals surface area contributed by atoms with Gasteiger partial charge in [-0.2, -0.15) is 8.78 Å². The number of nitrogens with one attached hydrogen (secondary N) is 1. The van der Waals surface area contributed by atoms with Gasteiger partial charge < -0.3 is 10.1 Å². The molecule has 2 rings (SSSR count). The molecule has 0 saturated heterocycles. The van der Waals surface area contributed by atoms with E-state index in [1.165, 1.54) is 19.3 Å². The molecule has 0 aliphatic heterocycles. The minimum atomic E-state index is -2.76. The van der Waals surface area contributed by atoms with Gasteiger partial charge in [-0.05, 0) is 49.8 Å². The lowest BCUT2D eigenvalue weighted by Crippen LogP contribution is -2.29. The van der Waals surface area contributed by atoms with Crippen molar-refractivity contribution in [1.82, 2.24) is 5.32 Å². The fraction of sp³-hybridized carbons (Fsp3) is 0.600. The van der Waals surface area contributed by atoms with Crippen molar-refractivity contribution < 1.29 is 13.5 Å². The van der Waals surface area contributed by atoms with Gasteiger partial charge in [0, 0.05) is 12.1 Å². The van der Waals surface area contributed by atoms with Gasteiger partial charge >= 0.3 is 6.61 Å². The molecule has 1 saturated carbocycles. The van der Waals surface area contributed by atoms with Gasteiger partial charge in [0.15, 0.2) is 0 Å². The van der Waals surface area contributed by atoms with E-state index < -0.39 is 6.61 Å². The zero-order valence-corrected chi connectivity index (χ0v) is 11.4. The summed E-state index contributed by atoms with van der Waals surface area (Å²) < 4.78 is 28.4. The Morgan fingerprint density at radius 2 is 1.89 bits per heavy atom. The van der Waals surface area contributed by atoms with E-state index in [0.717, 1.165) is 11.5 Å². The van der Waals surface area contributed by atoms with Gasteiger partial charge in [-0.3, -0.25) is 0 Å². The lowest BCUT2D eigenvalue weighted by atomic mass is 10.1. The van der Waals surface area contributed by atoms with Crippen LogP contribution in [0, 0.1) is 5.92 Å². The van der Waals surface area contributed by atoms with E-state index in [1.54, 1.807) is 12.1 Å². The van der Waals surface area contributed by atoms with Crippen molar-refractivity contribution >= 4 is 0 Å². The highest BCUT2D eigenvalue weighted by molar-refractivity contribution is 5.29. The second-order valence-corrected chi connectivity index (χ2v) is 5.45. The minimum absolute atomic E-state index is 0.209. The molecule has 3 atom stereocenters. The molecule has 0 aromatic heterocycles. The van der Waals surface area contributed by atoms with E-state index in [2.05, 4.69) is 23.9 Å². The fourth-order valence-corrected chi connectivity index (χ4v) is 2.75. The summed E-state index contributed by atoms with van der Waals surface area (Å²) in [5.41, 5.74) is 1.10. The van der Waals surface area contributed by atoms with Crippen LogP contribution >= 0.6 is 0 Å². The smallest absolute Gasteiger partial charge is 0.387 e. The van der Waals surface area contributed by atoms with Crippen LogP contribution in [0.3, 0.4) is 0 Å². The SMILES string of the molecule is CC1CCC(NC(C)c2ccc(OC(F)F)cc2)C1. The number of ether oxygens (including phenoxy) is 1. The molecule has 1 aliphatic carbocycles. The molecule has 1 aromatic carbocycles. The summed E-state index contributed by atoms with van der Waals surface area (Å²) in [7, 11) is 0. The summed E-state index contributed by atoms with van der Waals surface area (Å²) in [4.78, 5) is 0. The number of hydrogen-bond donors (Lipinski definition) is 1. The molecular formula is C15H21F2NO. The van der Waals surface area contributed by atoms with Crippen molar-refractivity contribution in [3.8, 4) is 5.75 Å². The third kappa shape index (κ3) is 4.16. The van der Waals surface area contributed by atoms with Crippen LogP contribution < -0.4 is 10.1 Å². The molecule has 4 heteroatoms. The molecule has 0 amide bonds. The number of rotatable bonds is 5. The van der Waals surface area contributed by atoms with Crippen molar-refractivity contribution in [2.75, 3.05) is 0 Å². The van der Waals surface area contributed by atoms with Crippen LogP contribution in [-0.4, -0.2) is 12.7 Å². The molecule has 0 heterocycles. The van der Waals surface area contributed by atoms with Crippen LogP contribution in [0.1, 0.15) is 44.7 Å². The molecule has 1 aliphatic rings. The van der Waals surface area contributed by atoms with E-state index in [0.29, 0.717) is 6.04 Å². The molecule has 0 spiro atoms. The Hall–Kier alpha value is -1.16. The second-order valence-electron chi connectivity index (χ2n) is 5.45. The van der Waals surface area contributed by atoms with Gasteiger partial charge in [0.05, 0.1) is 0 Å². The predicted molar refractivity (Wildman–Crippen MR) is 71.4 cm³/mol. The first-order chi connectivity index (χ1) is 9.04. The molecule has 3 unspecified atom stereocenters. The van der Waals surface area contributed by atoms with Gasteiger partial charge in [-0.15, -0.1) is 0 Å². The van der Waals surface area contributed by atoms with E-state index in [-0.39, 0.29) is 11.8 Å². The van der Waals surface area contributed by atoms with Gasteiger partial charge in [0.1, 0.15) is 5.75 Å². The summed E-state index contributed by atoms with van der Waals surface area (Å²) in [5, 5.41) is 3.60. The van der Waals surface area contributed by atoms with Gasteiger partial charge in [0.25, 0.3) is 0 Å². The molecule has 1 aromatic rings. The van der Waals surface area contributed by atoms with Gasteiger partial charge in [-0.25, -0.2) is 0 Å². The highest BCUT2D eigenvalue weighted by Gasteiger charge is 2.22. The van der Waals surface area contributed by atoms with Crippen molar-refractivity contribution in [1.29, 1.82) is 0 Å². The zero-order chi connectivity index (χ0) is 13.8. The normalized spacial score (nSPS) is 24.7. The Morgan fingerprint density at radius 1 is 1.21 bits per heavy atom. The first kappa shape index (κ1) is 14.3. The maximum atomic E-state index is 12.1. The Bertz CT molecular complexity index is 394. The first-order valence-corrected chi connectivity index (χ1v) is 6.85. The maximum absolute atomic E-state index is 12.1. The van der Waals surface area contributed by atoms with Gasteiger partial charge in [0.2, 0.25) is 0 Å². The summed E-state index contributed by atoms with van der Waals surface area (Å²) in [6, 6.07) is 7.67. The Morgan fingerprint density at radius 3 is 2.42 bits per heavy atom. The highest BCUT2D eigenvalue weighted by atomic mass is 19.3. The lowest BCUT2D eigenvalue weighted by molar-refractivity contribution is -0.0498. The number of halogens is 2. The predicted octanol–water partition coefficient (Wildman–Crippen LogP) is 4.13. The van der Waals surface area contributed by atoms with Crippen molar-refractivity contribution in [3.05, 3.63) is 29.8 Å². The number of benzene rings is 1. The molecule has 1 fully saturated rings. The Labute approximate surface area is 113 Å². The molecule has 2 nitrogen and oxygen atoms in total. The van der Waals surface area contributed by atoms with Gasteiger partial charge in [-0.1, -0.05) is 19.1 Å². The topological polar surface area (TPSA) is 21.3 Å². The van der Waals surface area contributed by atoms with Crippen LogP contribution in [0.2, 0.25) is 0 Å². The average Bonchev–Trinajstić information content (AvgIpc) is 2.75. The summed E-state index contributed by atoms with van der Waals surface area (Å²) in [5.74, 6) is 1.01. The van der Waals surface area contributed by atoms with E-state index >= 15 is 0 Å². The molecular weight excluding hydrogens is 248 g/mol. The van der Waals surface area contributed by atoms with Crippen LogP contribution in [0.15, 0.2) is 24.3 Å². The third-order valence-electron chi connectivity index (χ3n) is 3.79. The molecule has 1 N–H and O–H groups in total. The number of hydrogen-bond acceptors (Lipinski definition) is 2. The standard InChI is InChI=1S/C15H21F2NO/c1-10-3-6-13(9-10)18-11(2)12-4-7-14(8-5-12)19-15(16)17/h4-5,7-8,10-11,13,15,18H,3,6,9H2,1-2H3. The largest absolute Gasteiger partial charge is 0.435 e. The van der Waals surface area contributed by atoms with Crippen LogP contribution in [0.5, 0.6) is 5.75 Å². The summed E-state index contributed by atoms with van der Waals surface area (Å²) in [6.07, 6.45) is 3.72. The van der Waals surface area contributed by atoms with E-state index in [4.69, 9.17) is 0 Å². The molecule has 0 bridgehead atoms. The van der Waals surface area contributed by atoms with Crippen LogP contribution in [0.25, 0.3) is 0 Å². The van der Waals surface area contributed by atoms with Crippen molar-refractivity contribution in [2.45, 2.75) is 51.8 Å². The van der Waals surface area contributed by atoms with Crippen molar-refractivity contribution in [2.24, 2.45) is 5.92 Å². The fourth-order valence-electron chi connectivity index (χ4n) is 2.75. The minimum Gasteiger partial charge on any atom is -0.435 e. The number of alkyl halides is 2. The zero-order valence-electron chi connectivity index (χ0n) is 11.4. The first-order valence-electron chi connectivity index (χ1n) is 6.85. The monoisotopic (exact) mass is 269 g/mol. The average molecular weight is 269 g/mol. The van der Waals surface area contributed by atoms with Crippen LogP contribution in [-0.2, 0) is 0 Å². The van der Waals surface area contributed by atoms with E-state index in [1.807, 2.05) is 12.1 Å². The molecule has 0 radical (unpaired) electrons. The van der Waals surface area contributed by atoms with E-state index in [9.17, 15) is 8.78 Å². The Balaban J connectivity index is 1.90. The summed E-state index contributed by atoms with van der Waals surface area (Å²) in [6.45, 7) is 1.62. The maximum Gasteiger partial charge on any atom is 0.387 e. The quantitative estimate of drug-likeness (QED) is 0.868. The lowest BCUT2D eigenvalue weighted by Gasteiger charge is -2.20. The Kier molecular flexibility index (Phi) is 4.75.